The van der Waals surface area contributed by atoms with Gasteiger partial charge in [-0.3, -0.25) is 9.69 Å². The molecule has 0 radical (unpaired) electrons. The molecule has 32 heavy (non-hydrogen) atoms. The van der Waals surface area contributed by atoms with Gasteiger partial charge in [-0.15, -0.1) is 0 Å². The quantitative estimate of drug-likeness (QED) is 0.546. The number of morpholine rings is 1. The highest BCUT2D eigenvalue weighted by atomic mass is 32.2. The van der Waals surface area contributed by atoms with E-state index >= 15 is 0 Å². The zero-order valence-corrected chi connectivity index (χ0v) is 19.9. The highest BCUT2D eigenvalue weighted by Crippen LogP contribution is 2.32. The summed E-state index contributed by atoms with van der Waals surface area (Å²) in [5, 5.41) is 0.590. The van der Waals surface area contributed by atoms with Crippen molar-refractivity contribution in [2.45, 2.75) is 11.8 Å². The second-order valence-corrected chi connectivity index (χ2v) is 10.7. The molecule has 8 nitrogen and oxygen atoms in total. The monoisotopic (exact) mass is 474 g/mol. The zero-order valence-electron chi connectivity index (χ0n) is 18.3. The van der Waals surface area contributed by atoms with Gasteiger partial charge in [0.25, 0.3) is 5.91 Å². The normalized spacial score (nSPS) is 14.8. The largest absolute Gasteiger partial charge is 0.378 e. The van der Waals surface area contributed by atoms with Crippen LogP contribution in [-0.4, -0.2) is 70.6 Å². The molecule has 1 aliphatic heterocycles. The number of thiazole rings is 1. The number of rotatable bonds is 6. The Hall–Kier alpha value is -2.53. The SMILES string of the molecule is CCN(C(=O)c1cc(S(=O)(=O)N(C)C)ccc1N1CCOCC1)c1nc2ccccc2s1. The molecule has 2 aromatic carbocycles. The molecule has 170 valence electrons. The van der Waals surface area contributed by atoms with Crippen molar-refractivity contribution in [3.05, 3.63) is 48.0 Å². The Morgan fingerprint density at radius 2 is 1.88 bits per heavy atom. The Labute approximate surface area is 192 Å². The second-order valence-electron chi connectivity index (χ2n) is 7.58. The number of hydrogen-bond donors (Lipinski definition) is 0. The number of para-hydroxylation sites is 1. The Bertz CT molecular complexity index is 1200. The van der Waals surface area contributed by atoms with Crippen molar-refractivity contribution < 1.29 is 17.9 Å². The maximum atomic E-state index is 13.8. The third-order valence-corrected chi connectivity index (χ3v) is 8.27. The van der Waals surface area contributed by atoms with Crippen LogP contribution in [0.4, 0.5) is 10.8 Å². The molecule has 1 aromatic heterocycles. The first-order chi connectivity index (χ1) is 15.3. The molecule has 0 saturated carbocycles. The lowest BCUT2D eigenvalue weighted by atomic mass is 10.1. The van der Waals surface area contributed by atoms with Crippen molar-refractivity contribution in [3.8, 4) is 0 Å². The van der Waals surface area contributed by atoms with Crippen LogP contribution >= 0.6 is 11.3 Å². The van der Waals surface area contributed by atoms with Crippen LogP contribution in [0.25, 0.3) is 10.2 Å². The van der Waals surface area contributed by atoms with E-state index in [0.29, 0.717) is 49.2 Å². The van der Waals surface area contributed by atoms with Crippen LogP contribution in [0.5, 0.6) is 0 Å². The van der Waals surface area contributed by atoms with Gasteiger partial charge in [0.15, 0.2) is 5.13 Å². The fourth-order valence-electron chi connectivity index (χ4n) is 3.62. The fourth-order valence-corrected chi connectivity index (χ4v) is 5.58. The Kier molecular flexibility index (Phi) is 6.47. The van der Waals surface area contributed by atoms with Crippen LogP contribution in [0, 0.1) is 0 Å². The molecule has 0 N–H and O–H groups in total. The van der Waals surface area contributed by atoms with Crippen LogP contribution in [0.3, 0.4) is 0 Å². The average Bonchev–Trinajstić information content (AvgIpc) is 3.23. The third-order valence-electron chi connectivity index (χ3n) is 5.40. The first kappa shape index (κ1) is 22.7. The standard InChI is InChI=1S/C22H26N4O4S2/c1-4-26(22-23-18-7-5-6-8-20(18)31-22)21(27)17-15-16(32(28,29)24(2)3)9-10-19(17)25-11-13-30-14-12-25/h5-10,15H,4,11-14H2,1-3H3. The minimum absolute atomic E-state index is 0.0863. The van der Waals surface area contributed by atoms with Crippen LogP contribution in [0.15, 0.2) is 47.4 Å². The molecule has 4 rings (SSSR count). The van der Waals surface area contributed by atoms with E-state index in [4.69, 9.17) is 4.74 Å². The number of fused-ring (bicyclic) bond motifs is 1. The van der Waals surface area contributed by atoms with Crippen LogP contribution < -0.4 is 9.80 Å². The molecule has 10 heteroatoms. The summed E-state index contributed by atoms with van der Waals surface area (Å²) in [6.45, 7) is 4.67. The minimum atomic E-state index is -3.69. The number of carbonyl (C=O) groups excluding carboxylic acids is 1. The molecule has 0 atom stereocenters. The van der Waals surface area contributed by atoms with Gasteiger partial charge in [-0.05, 0) is 37.3 Å². The summed E-state index contributed by atoms with van der Waals surface area (Å²) < 4.78 is 33.2. The number of sulfonamides is 1. The third kappa shape index (κ3) is 4.23. The zero-order chi connectivity index (χ0) is 22.9. The van der Waals surface area contributed by atoms with Crippen LogP contribution in [0.1, 0.15) is 17.3 Å². The lowest BCUT2D eigenvalue weighted by Crippen LogP contribution is -2.39. The predicted molar refractivity (Wildman–Crippen MR) is 127 cm³/mol. The summed E-state index contributed by atoms with van der Waals surface area (Å²) in [6, 6.07) is 12.5. The Balaban J connectivity index is 1.81. The smallest absolute Gasteiger partial charge is 0.262 e. The van der Waals surface area contributed by atoms with Gasteiger partial charge in [0.05, 0.1) is 33.9 Å². The molecular formula is C22H26N4O4S2. The average molecular weight is 475 g/mol. The van der Waals surface area contributed by atoms with Crippen molar-refractivity contribution in [3.63, 3.8) is 0 Å². The van der Waals surface area contributed by atoms with Crippen LogP contribution in [-0.2, 0) is 14.8 Å². The molecule has 3 aromatic rings. The molecule has 0 bridgehead atoms. The van der Waals surface area contributed by atoms with Crippen molar-refractivity contribution in [2.24, 2.45) is 0 Å². The summed E-state index contributed by atoms with van der Waals surface area (Å²) in [5.74, 6) is -0.274. The predicted octanol–water partition coefficient (Wildman–Crippen LogP) is 3.05. The number of anilines is 2. The number of ether oxygens (including phenoxy) is 1. The molecule has 0 spiro atoms. The number of hydrogen-bond acceptors (Lipinski definition) is 7. The van der Waals surface area contributed by atoms with Crippen molar-refractivity contribution >= 4 is 48.3 Å². The number of aromatic nitrogens is 1. The Morgan fingerprint density at radius 3 is 2.53 bits per heavy atom. The number of amides is 1. The number of benzene rings is 2. The van der Waals surface area contributed by atoms with Crippen LogP contribution in [0.2, 0.25) is 0 Å². The Morgan fingerprint density at radius 1 is 1.16 bits per heavy atom. The minimum Gasteiger partial charge on any atom is -0.378 e. The van der Waals surface area contributed by atoms with Gasteiger partial charge >= 0.3 is 0 Å². The lowest BCUT2D eigenvalue weighted by molar-refractivity contribution is 0.0986. The maximum Gasteiger partial charge on any atom is 0.262 e. The molecule has 0 unspecified atom stereocenters. The van der Waals surface area contributed by atoms with E-state index in [1.54, 1.807) is 17.0 Å². The van der Waals surface area contributed by atoms with Crippen molar-refractivity contribution in [2.75, 3.05) is 56.7 Å². The first-order valence-corrected chi connectivity index (χ1v) is 12.6. The van der Waals surface area contributed by atoms with Crippen molar-refractivity contribution in [1.29, 1.82) is 0 Å². The molecule has 2 heterocycles. The second kappa shape index (κ2) is 9.14. The van der Waals surface area contributed by atoms with Gasteiger partial charge in [0.1, 0.15) is 0 Å². The van der Waals surface area contributed by atoms with Gasteiger partial charge in [-0.25, -0.2) is 17.7 Å². The van der Waals surface area contributed by atoms with E-state index in [1.807, 2.05) is 31.2 Å². The highest BCUT2D eigenvalue weighted by molar-refractivity contribution is 7.89. The van der Waals surface area contributed by atoms with Gasteiger partial charge in [0.2, 0.25) is 10.0 Å². The highest BCUT2D eigenvalue weighted by Gasteiger charge is 2.28. The van der Waals surface area contributed by atoms with Gasteiger partial charge in [0, 0.05) is 39.4 Å². The molecule has 1 fully saturated rings. The number of nitrogens with zero attached hydrogens (tertiary/aromatic N) is 4. The van der Waals surface area contributed by atoms with E-state index in [2.05, 4.69) is 9.88 Å². The summed E-state index contributed by atoms with van der Waals surface area (Å²) >= 11 is 1.44. The topological polar surface area (TPSA) is 83.1 Å². The maximum absolute atomic E-state index is 13.8. The first-order valence-electron chi connectivity index (χ1n) is 10.4. The van der Waals surface area contributed by atoms with Gasteiger partial charge in [-0.1, -0.05) is 23.5 Å². The van der Waals surface area contributed by atoms with Crippen molar-refractivity contribution in [1.82, 2.24) is 9.29 Å². The lowest BCUT2D eigenvalue weighted by Gasteiger charge is -2.31. The molecular weight excluding hydrogens is 448 g/mol. The molecule has 1 amide bonds. The molecule has 1 aliphatic rings. The van der Waals surface area contributed by atoms with E-state index in [-0.39, 0.29) is 10.8 Å². The van der Waals surface area contributed by atoms with E-state index in [0.717, 1.165) is 14.5 Å². The molecule has 0 aliphatic carbocycles. The van der Waals surface area contributed by atoms with E-state index in [1.165, 1.54) is 31.5 Å². The summed E-state index contributed by atoms with van der Waals surface area (Å²) in [6.07, 6.45) is 0. The summed E-state index contributed by atoms with van der Waals surface area (Å²) in [7, 11) is -0.735. The van der Waals surface area contributed by atoms with Gasteiger partial charge < -0.3 is 9.64 Å². The summed E-state index contributed by atoms with van der Waals surface area (Å²) in [5.41, 5.74) is 1.88. The van der Waals surface area contributed by atoms with E-state index in [9.17, 15) is 13.2 Å². The van der Waals surface area contributed by atoms with E-state index < -0.39 is 10.0 Å². The summed E-state index contributed by atoms with van der Waals surface area (Å²) in [4.78, 5) is 22.2. The molecule has 1 saturated heterocycles. The van der Waals surface area contributed by atoms with Gasteiger partial charge in [-0.2, -0.15) is 0 Å². The fraction of sp³-hybridized carbons (Fsp3) is 0.364. The number of carbonyl (C=O) groups is 1.